The van der Waals surface area contributed by atoms with Crippen molar-refractivity contribution in [2.45, 2.75) is 111 Å². The quantitative estimate of drug-likeness (QED) is 0.123. The number of methoxy groups -OCH3 is 1. The monoisotopic (exact) mass is 530 g/mol. The fourth-order valence-electron chi connectivity index (χ4n) is 4.08. The third kappa shape index (κ3) is 11.9. The van der Waals surface area contributed by atoms with E-state index < -0.39 is 18.4 Å². The number of hydrogen-bond donors (Lipinski definition) is 0. The molecule has 2 atom stereocenters. The Balaban J connectivity index is 2.96. The average molecular weight is 529 g/mol. The van der Waals surface area contributed by atoms with Crippen LogP contribution in [0.4, 0.5) is 0 Å². The molecule has 0 aromatic heterocycles. The normalized spacial score (nSPS) is 18.9. The maximum atomic E-state index is 11.5. The zero-order valence-corrected chi connectivity index (χ0v) is 22.9. The van der Waals surface area contributed by atoms with E-state index in [1.54, 1.807) is 0 Å². The van der Waals surface area contributed by atoms with Crippen molar-refractivity contribution in [3.63, 3.8) is 0 Å². The first-order valence-electron chi connectivity index (χ1n) is 12.3. The van der Waals surface area contributed by atoms with Crippen LogP contribution >= 0.6 is 0 Å². The summed E-state index contributed by atoms with van der Waals surface area (Å²) in [6.07, 6.45) is 17.4. The fourth-order valence-corrected chi connectivity index (χ4v) is 18.5. The molecule has 5 heteroatoms. The number of rotatable bonds is 16. The Kier molecular flexibility index (Phi) is 15.9. The second kappa shape index (κ2) is 17.3. The molecule has 1 aliphatic heterocycles. The Labute approximate surface area is 189 Å². The fraction of sp³-hybridized carbons (Fsp3) is 0.800. The summed E-state index contributed by atoms with van der Waals surface area (Å²) < 4.78 is 23.9. The van der Waals surface area contributed by atoms with Gasteiger partial charge in [-0.2, -0.15) is 0 Å². The van der Waals surface area contributed by atoms with Gasteiger partial charge in [0.25, 0.3) is 0 Å². The van der Waals surface area contributed by atoms with Crippen LogP contribution in [-0.2, 0) is 19.0 Å². The average Bonchev–Trinajstić information content (AvgIpc) is 2.78. The van der Waals surface area contributed by atoms with E-state index in [-0.39, 0.29) is 18.4 Å². The standard InChI is InChI=1S/C13H19O4.3C4H9.Sn/c1-3-11(7-6-8-12(14)15-2)17-13-9-4-5-10-16-13;3*1-3-4-2;/h1,3,6,8,11,13H,4-5,7,9-10H2,2H3;3*1,3-4H2,2H3;/b3-1?,8-6+;;;;/t11-,13?;;;;/m0..../s1. The summed E-state index contributed by atoms with van der Waals surface area (Å²) in [4.78, 5) is 11.5. The van der Waals surface area contributed by atoms with Crippen molar-refractivity contribution in [1.29, 1.82) is 0 Å². The van der Waals surface area contributed by atoms with Gasteiger partial charge in [0.05, 0.1) is 0 Å². The van der Waals surface area contributed by atoms with Crippen LogP contribution in [0.3, 0.4) is 0 Å². The molecule has 4 nitrogen and oxygen atoms in total. The molecule has 0 saturated carbocycles. The van der Waals surface area contributed by atoms with Gasteiger partial charge in [0.15, 0.2) is 0 Å². The van der Waals surface area contributed by atoms with Crippen molar-refractivity contribution < 1.29 is 19.0 Å². The molecular weight excluding hydrogens is 483 g/mol. The van der Waals surface area contributed by atoms with Crippen LogP contribution in [0.15, 0.2) is 22.3 Å². The van der Waals surface area contributed by atoms with Gasteiger partial charge < -0.3 is 0 Å². The molecule has 1 heterocycles. The van der Waals surface area contributed by atoms with Gasteiger partial charge in [-0.1, -0.05) is 0 Å². The second-order valence-corrected chi connectivity index (χ2v) is 21.7. The van der Waals surface area contributed by atoms with E-state index in [2.05, 4.69) is 30.9 Å². The molecule has 1 rings (SSSR count). The summed E-state index contributed by atoms with van der Waals surface area (Å²) in [6.45, 7) is 7.71. The van der Waals surface area contributed by atoms with Gasteiger partial charge in [0.2, 0.25) is 0 Å². The molecule has 0 aromatic carbocycles. The van der Waals surface area contributed by atoms with Crippen LogP contribution in [0.25, 0.3) is 0 Å². The van der Waals surface area contributed by atoms with Crippen molar-refractivity contribution in [2.24, 2.45) is 0 Å². The summed E-state index contributed by atoms with van der Waals surface area (Å²) >= 11 is -2.36. The predicted molar refractivity (Wildman–Crippen MR) is 128 cm³/mol. The van der Waals surface area contributed by atoms with E-state index in [0.29, 0.717) is 6.42 Å². The Morgan fingerprint density at radius 3 is 2.20 bits per heavy atom. The molecule has 0 N–H and O–H groups in total. The first-order chi connectivity index (χ1) is 14.6. The van der Waals surface area contributed by atoms with Crippen LogP contribution in [0, 0.1) is 0 Å². The van der Waals surface area contributed by atoms with Crippen LogP contribution in [0.5, 0.6) is 0 Å². The van der Waals surface area contributed by atoms with Gasteiger partial charge in [-0.15, -0.1) is 0 Å². The molecular formula is C25H46O4Sn. The molecule has 1 unspecified atom stereocenters. The van der Waals surface area contributed by atoms with E-state index in [0.717, 1.165) is 25.9 Å². The van der Waals surface area contributed by atoms with E-state index >= 15 is 0 Å². The van der Waals surface area contributed by atoms with Crippen molar-refractivity contribution in [1.82, 2.24) is 0 Å². The molecule has 0 amide bonds. The first-order valence-corrected chi connectivity index (χ1v) is 20.0. The molecule has 0 aromatic rings. The maximum absolute atomic E-state index is 11.5. The summed E-state index contributed by atoms with van der Waals surface area (Å²) in [5.41, 5.74) is 0. The summed E-state index contributed by atoms with van der Waals surface area (Å²) in [5.74, 6) is -0.311. The molecule has 0 aliphatic carbocycles. The van der Waals surface area contributed by atoms with E-state index in [1.807, 2.05) is 6.08 Å². The molecule has 0 radical (unpaired) electrons. The van der Waals surface area contributed by atoms with Crippen molar-refractivity contribution in [2.75, 3.05) is 13.7 Å². The molecule has 1 fully saturated rings. The van der Waals surface area contributed by atoms with E-state index in [9.17, 15) is 4.79 Å². The van der Waals surface area contributed by atoms with Crippen molar-refractivity contribution in [3.05, 3.63) is 22.3 Å². The van der Waals surface area contributed by atoms with E-state index in [1.165, 1.54) is 65.0 Å². The van der Waals surface area contributed by atoms with Gasteiger partial charge in [-0.25, -0.2) is 0 Å². The van der Waals surface area contributed by atoms with Crippen LogP contribution in [0.1, 0.15) is 85.0 Å². The Hall–Kier alpha value is -0.331. The van der Waals surface area contributed by atoms with Crippen LogP contribution < -0.4 is 0 Å². The third-order valence-corrected chi connectivity index (χ3v) is 20.2. The van der Waals surface area contributed by atoms with Gasteiger partial charge >= 0.3 is 190 Å². The zero-order valence-electron chi connectivity index (χ0n) is 20.0. The SMILES string of the molecule is CCC[CH2][Sn](/[CH]=C/[C@@H](C/C=C/C(=O)OC)OC1CCCCO1)([CH2]CCC)[CH2]CCC. The number of ether oxygens (including phenoxy) is 3. The zero-order chi connectivity index (χ0) is 22.1. The Morgan fingerprint density at radius 1 is 1.07 bits per heavy atom. The molecule has 0 spiro atoms. The first kappa shape index (κ1) is 27.7. The van der Waals surface area contributed by atoms with Crippen molar-refractivity contribution in [3.8, 4) is 0 Å². The topological polar surface area (TPSA) is 44.8 Å². The molecule has 1 aliphatic rings. The number of carbonyl (C=O) groups is 1. The van der Waals surface area contributed by atoms with E-state index in [4.69, 9.17) is 14.2 Å². The molecule has 0 bridgehead atoms. The Bertz CT molecular complexity index is 476. The summed E-state index contributed by atoms with van der Waals surface area (Å²) in [7, 11) is 1.41. The summed E-state index contributed by atoms with van der Waals surface area (Å²) in [5, 5.41) is 0. The van der Waals surface area contributed by atoms with Gasteiger partial charge in [0, 0.05) is 0 Å². The van der Waals surface area contributed by atoms with Gasteiger partial charge in [-0.05, 0) is 0 Å². The number of esters is 1. The van der Waals surface area contributed by atoms with Gasteiger partial charge in [0.1, 0.15) is 0 Å². The second-order valence-electron chi connectivity index (χ2n) is 8.66. The van der Waals surface area contributed by atoms with Crippen LogP contribution in [0.2, 0.25) is 13.3 Å². The minimum atomic E-state index is -2.36. The number of unbranched alkanes of at least 4 members (excludes halogenated alkanes) is 3. The third-order valence-electron chi connectivity index (χ3n) is 6.04. The van der Waals surface area contributed by atoms with Gasteiger partial charge in [-0.3, -0.25) is 0 Å². The number of carbonyl (C=O) groups excluding carboxylic acids is 1. The molecule has 30 heavy (non-hydrogen) atoms. The molecule has 174 valence electrons. The van der Waals surface area contributed by atoms with Crippen molar-refractivity contribution >= 4 is 24.3 Å². The summed E-state index contributed by atoms with van der Waals surface area (Å²) in [6, 6.07) is 0. The predicted octanol–water partition coefficient (Wildman–Crippen LogP) is 6.96. The Morgan fingerprint density at radius 2 is 1.70 bits per heavy atom. The van der Waals surface area contributed by atoms with Crippen LogP contribution in [-0.4, -0.2) is 50.5 Å². The number of hydrogen-bond acceptors (Lipinski definition) is 4. The minimum absolute atomic E-state index is 0.0324. The molecule has 1 saturated heterocycles.